The number of carbonyl (C=O) groups is 1. The molecule has 1 aliphatic heterocycles. The van der Waals surface area contributed by atoms with Gasteiger partial charge >= 0.3 is 0 Å². The molecule has 0 atom stereocenters. The third kappa shape index (κ3) is 4.20. The van der Waals surface area contributed by atoms with Crippen molar-refractivity contribution >= 4 is 11.7 Å². The second kappa shape index (κ2) is 8.81. The fourth-order valence-corrected chi connectivity index (χ4v) is 4.26. The van der Waals surface area contributed by atoms with Crippen molar-refractivity contribution in [2.24, 2.45) is 0 Å². The van der Waals surface area contributed by atoms with Gasteiger partial charge in [-0.1, -0.05) is 60.7 Å². The molecule has 0 bridgehead atoms. The molecule has 5 nitrogen and oxygen atoms in total. The molecule has 1 amide bonds. The third-order valence-electron chi connectivity index (χ3n) is 6.00. The quantitative estimate of drug-likeness (QED) is 0.485. The first-order chi connectivity index (χ1) is 15.7. The van der Waals surface area contributed by atoms with Crippen LogP contribution >= 0.6 is 0 Å². The molecule has 5 rings (SSSR count). The number of aromatic nitrogens is 2. The Kier molecular flexibility index (Phi) is 5.57. The van der Waals surface area contributed by atoms with Crippen molar-refractivity contribution in [2.45, 2.75) is 26.4 Å². The zero-order valence-corrected chi connectivity index (χ0v) is 18.1. The Morgan fingerprint density at radius 3 is 2.69 bits per heavy atom. The Balaban J connectivity index is 1.35. The van der Waals surface area contributed by atoms with Crippen molar-refractivity contribution in [3.8, 4) is 11.1 Å². The van der Waals surface area contributed by atoms with E-state index in [4.69, 9.17) is 0 Å². The lowest BCUT2D eigenvalue weighted by molar-refractivity contribution is 0.102. The minimum atomic E-state index is -0.124. The second-order valence-corrected chi connectivity index (χ2v) is 8.22. The van der Waals surface area contributed by atoms with Gasteiger partial charge in [0.15, 0.2) is 5.82 Å². The van der Waals surface area contributed by atoms with Gasteiger partial charge in [-0.05, 0) is 59.8 Å². The summed E-state index contributed by atoms with van der Waals surface area (Å²) in [7, 11) is 0. The van der Waals surface area contributed by atoms with Gasteiger partial charge in [0.2, 0.25) is 0 Å². The van der Waals surface area contributed by atoms with Crippen molar-refractivity contribution in [3.05, 3.63) is 107 Å². The Morgan fingerprint density at radius 1 is 1.00 bits per heavy atom. The van der Waals surface area contributed by atoms with Crippen molar-refractivity contribution in [2.75, 3.05) is 11.9 Å². The van der Waals surface area contributed by atoms with Crippen LogP contribution in [0, 0.1) is 6.92 Å². The number of anilines is 1. The number of fused-ring (bicyclic) bond motifs is 1. The van der Waals surface area contributed by atoms with Crippen molar-refractivity contribution in [3.63, 3.8) is 0 Å². The average Bonchev–Trinajstić information content (AvgIpc) is 3.18. The normalized spacial score (nSPS) is 12.9. The molecule has 0 saturated carbocycles. The Bertz CT molecular complexity index is 1260. The molecule has 0 unspecified atom stereocenters. The van der Waals surface area contributed by atoms with E-state index in [9.17, 15) is 4.79 Å². The minimum Gasteiger partial charge on any atom is -0.312 e. The summed E-state index contributed by atoms with van der Waals surface area (Å²) in [5.74, 6) is 0.449. The summed E-state index contributed by atoms with van der Waals surface area (Å²) in [6, 6.07) is 26.6. The fraction of sp³-hybridized carbons (Fsp3) is 0.185. The molecular formula is C27H26N4O. The van der Waals surface area contributed by atoms with Crippen LogP contribution in [0.4, 0.5) is 5.82 Å². The number of nitrogens with one attached hydrogen (secondary N) is 2. The largest absolute Gasteiger partial charge is 0.312 e. The van der Waals surface area contributed by atoms with Crippen LogP contribution in [0.2, 0.25) is 0 Å². The standard InChI is InChI=1S/C27H26N4O/c1-19-15-26(29-27(32)22-11-12-23-17-28-14-13-21(23)16-22)30-31(19)18-24-9-5-6-10-25(24)20-7-3-2-4-8-20/h2-12,15-16,28H,13-14,17-18H2,1H3,(H,29,30,32). The molecule has 0 fully saturated rings. The van der Waals surface area contributed by atoms with Crippen molar-refractivity contribution in [1.82, 2.24) is 15.1 Å². The van der Waals surface area contributed by atoms with Crippen LogP contribution in [0.5, 0.6) is 0 Å². The van der Waals surface area contributed by atoms with Gasteiger partial charge in [-0.2, -0.15) is 5.10 Å². The van der Waals surface area contributed by atoms with E-state index in [1.54, 1.807) is 0 Å². The minimum absolute atomic E-state index is 0.124. The van der Waals surface area contributed by atoms with Crippen LogP contribution in [0.3, 0.4) is 0 Å². The highest BCUT2D eigenvalue weighted by Crippen LogP contribution is 2.25. The number of nitrogens with zero attached hydrogens (tertiary/aromatic N) is 2. The maximum absolute atomic E-state index is 12.8. The van der Waals surface area contributed by atoms with Crippen LogP contribution in [0.15, 0.2) is 78.9 Å². The predicted molar refractivity (Wildman–Crippen MR) is 128 cm³/mol. The van der Waals surface area contributed by atoms with E-state index >= 15 is 0 Å². The lowest BCUT2D eigenvalue weighted by Crippen LogP contribution is -2.24. The van der Waals surface area contributed by atoms with Gasteiger partial charge < -0.3 is 10.6 Å². The number of benzene rings is 3. The number of carbonyl (C=O) groups excluding carboxylic acids is 1. The van der Waals surface area contributed by atoms with E-state index in [2.05, 4.69) is 64.3 Å². The molecule has 2 N–H and O–H groups in total. The number of rotatable bonds is 5. The van der Waals surface area contributed by atoms with Gasteiger partial charge in [-0.15, -0.1) is 0 Å². The molecule has 4 aromatic rings. The number of amides is 1. The molecule has 0 spiro atoms. The van der Waals surface area contributed by atoms with Gasteiger partial charge in [0.25, 0.3) is 5.91 Å². The van der Waals surface area contributed by atoms with Crippen LogP contribution in [-0.4, -0.2) is 22.2 Å². The van der Waals surface area contributed by atoms with Crippen molar-refractivity contribution in [1.29, 1.82) is 0 Å². The average molecular weight is 423 g/mol. The molecule has 1 aromatic heterocycles. The maximum atomic E-state index is 12.8. The van der Waals surface area contributed by atoms with E-state index < -0.39 is 0 Å². The van der Waals surface area contributed by atoms with E-state index in [0.717, 1.165) is 25.2 Å². The SMILES string of the molecule is Cc1cc(NC(=O)c2ccc3c(c2)CCNC3)nn1Cc1ccccc1-c1ccccc1. The number of aryl methyl sites for hydroxylation is 1. The van der Waals surface area contributed by atoms with Crippen LogP contribution in [0.1, 0.15) is 32.7 Å². The second-order valence-electron chi connectivity index (χ2n) is 8.22. The van der Waals surface area contributed by atoms with Crippen LogP contribution in [0.25, 0.3) is 11.1 Å². The summed E-state index contributed by atoms with van der Waals surface area (Å²) in [6.45, 7) is 4.47. The molecule has 0 saturated heterocycles. The Morgan fingerprint density at radius 2 is 1.81 bits per heavy atom. The van der Waals surface area contributed by atoms with E-state index in [0.29, 0.717) is 17.9 Å². The molecule has 5 heteroatoms. The monoisotopic (exact) mass is 422 g/mol. The predicted octanol–water partition coefficient (Wildman–Crippen LogP) is 4.80. The smallest absolute Gasteiger partial charge is 0.256 e. The molecule has 3 aromatic carbocycles. The van der Waals surface area contributed by atoms with Crippen LogP contribution in [-0.2, 0) is 19.5 Å². The topological polar surface area (TPSA) is 59.0 Å². The Hall–Kier alpha value is -3.70. The summed E-state index contributed by atoms with van der Waals surface area (Å²) in [5, 5.41) is 11.0. The lowest BCUT2D eigenvalue weighted by Gasteiger charge is -2.17. The molecule has 1 aliphatic rings. The van der Waals surface area contributed by atoms with E-state index in [1.807, 2.05) is 41.9 Å². The maximum Gasteiger partial charge on any atom is 0.256 e. The molecule has 160 valence electrons. The molecule has 32 heavy (non-hydrogen) atoms. The van der Waals surface area contributed by atoms with Gasteiger partial charge in [0.1, 0.15) is 0 Å². The van der Waals surface area contributed by atoms with Gasteiger partial charge in [-0.25, -0.2) is 0 Å². The fourth-order valence-electron chi connectivity index (χ4n) is 4.26. The Labute approximate surface area is 188 Å². The first-order valence-corrected chi connectivity index (χ1v) is 11.0. The van der Waals surface area contributed by atoms with Gasteiger partial charge in [0.05, 0.1) is 6.54 Å². The zero-order valence-electron chi connectivity index (χ0n) is 18.1. The number of hydrogen-bond acceptors (Lipinski definition) is 3. The molecule has 0 radical (unpaired) electrons. The molecular weight excluding hydrogens is 396 g/mol. The summed E-state index contributed by atoms with van der Waals surface area (Å²) in [5.41, 5.74) is 7.75. The highest BCUT2D eigenvalue weighted by Gasteiger charge is 2.15. The number of hydrogen-bond donors (Lipinski definition) is 2. The lowest BCUT2D eigenvalue weighted by atomic mass is 9.98. The summed E-state index contributed by atoms with van der Waals surface area (Å²) >= 11 is 0. The molecule has 2 heterocycles. The zero-order chi connectivity index (χ0) is 21.9. The molecule has 0 aliphatic carbocycles. The first kappa shape index (κ1) is 20.2. The van der Waals surface area contributed by atoms with E-state index in [1.165, 1.54) is 27.8 Å². The highest BCUT2D eigenvalue weighted by molar-refractivity contribution is 6.04. The first-order valence-electron chi connectivity index (χ1n) is 11.0. The summed E-state index contributed by atoms with van der Waals surface area (Å²) in [4.78, 5) is 12.8. The summed E-state index contributed by atoms with van der Waals surface area (Å²) < 4.78 is 1.94. The summed E-state index contributed by atoms with van der Waals surface area (Å²) in [6.07, 6.45) is 0.949. The van der Waals surface area contributed by atoms with Gasteiger partial charge in [-0.3, -0.25) is 9.48 Å². The van der Waals surface area contributed by atoms with Crippen LogP contribution < -0.4 is 10.6 Å². The third-order valence-corrected chi connectivity index (χ3v) is 6.00. The highest BCUT2D eigenvalue weighted by atomic mass is 16.1. The van der Waals surface area contributed by atoms with Crippen molar-refractivity contribution < 1.29 is 4.79 Å². The van der Waals surface area contributed by atoms with E-state index in [-0.39, 0.29) is 5.91 Å². The van der Waals surface area contributed by atoms with Gasteiger partial charge in [0, 0.05) is 23.9 Å².